The highest BCUT2D eigenvalue weighted by Gasteiger charge is 2.13. The van der Waals surface area contributed by atoms with Gasteiger partial charge in [0.25, 0.3) is 0 Å². The van der Waals surface area contributed by atoms with Crippen LogP contribution in [0.1, 0.15) is 36.8 Å². The van der Waals surface area contributed by atoms with Gasteiger partial charge < -0.3 is 10.4 Å². The van der Waals surface area contributed by atoms with Crippen LogP contribution < -0.4 is 5.32 Å². The minimum absolute atomic E-state index is 0.0785. The van der Waals surface area contributed by atoms with Gasteiger partial charge in [0.2, 0.25) is 5.91 Å². The zero-order valence-corrected chi connectivity index (χ0v) is 16.3. The van der Waals surface area contributed by atoms with Crippen LogP contribution in [0.25, 0.3) is 11.3 Å². The lowest BCUT2D eigenvalue weighted by atomic mass is 10.1. The summed E-state index contributed by atoms with van der Waals surface area (Å²) in [4.78, 5) is 22.7. The van der Waals surface area contributed by atoms with E-state index < -0.39 is 5.97 Å². The van der Waals surface area contributed by atoms with Crippen molar-refractivity contribution in [2.45, 2.75) is 38.8 Å². The van der Waals surface area contributed by atoms with Crippen molar-refractivity contribution in [1.29, 1.82) is 0 Å². The first-order valence-electron chi connectivity index (χ1n) is 9.76. The van der Waals surface area contributed by atoms with Gasteiger partial charge in [0.15, 0.2) is 0 Å². The number of benzene rings is 2. The van der Waals surface area contributed by atoms with Crippen molar-refractivity contribution in [2.75, 3.05) is 0 Å². The van der Waals surface area contributed by atoms with E-state index in [4.69, 9.17) is 10.2 Å². The summed E-state index contributed by atoms with van der Waals surface area (Å²) in [5, 5.41) is 16.4. The molecular weight excluding hydrogens is 366 g/mol. The monoisotopic (exact) mass is 391 g/mol. The van der Waals surface area contributed by atoms with Gasteiger partial charge in [-0.15, -0.1) is 0 Å². The predicted molar refractivity (Wildman–Crippen MR) is 111 cm³/mol. The minimum atomic E-state index is -0.830. The molecular formula is C23H25N3O3. The van der Waals surface area contributed by atoms with Gasteiger partial charge >= 0.3 is 5.97 Å². The molecule has 6 heteroatoms. The number of carbonyl (C=O) groups excluding carboxylic acids is 1. The third kappa shape index (κ3) is 6.31. The van der Waals surface area contributed by atoms with E-state index in [1.807, 2.05) is 59.4 Å². The molecule has 2 aromatic carbocycles. The van der Waals surface area contributed by atoms with Crippen molar-refractivity contribution in [3.05, 3.63) is 78.0 Å². The molecule has 3 rings (SSSR count). The highest BCUT2D eigenvalue weighted by atomic mass is 16.4. The van der Waals surface area contributed by atoms with E-state index in [2.05, 4.69) is 17.4 Å². The average molecular weight is 391 g/mol. The van der Waals surface area contributed by atoms with Crippen LogP contribution in [0.4, 0.5) is 0 Å². The van der Waals surface area contributed by atoms with Gasteiger partial charge in [-0.2, -0.15) is 5.10 Å². The molecule has 0 radical (unpaired) electrons. The summed E-state index contributed by atoms with van der Waals surface area (Å²) in [7, 11) is 0. The number of carboxylic acid groups (broad SMARTS) is 1. The van der Waals surface area contributed by atoms with Crippen LogP contribution >= 0.6 is 0 Å². The van der Waals surface area contributed by atoms with Crippen molar-refractivity contribution < 1.29 is 14.7 Å². The molecule has 0 aliphatic rings. The fourth-order valence-corrected chi connectivity index (χ4v) is 3.13. The van der Waals surface area contributed by atoms with E-state index in [-0.39, 0.29) is 12.3 Å². The van der Waals surface area contributed by atoms with Crippen LogP contribution in [0, 0.1) is 0 Å². The molecule has 3 aromatic rings. The summed E-state index contributed by atoms with van der Waals surface area (Å²) in [5.74, 6) is -0.908. The fourth-order valence-electron chi connectivity index (χ4n) is 3.13. The first-order valence-corrected chi connectivity index (χ1v) is 9.76. The SMILES string of the molecule is O=C(O)CCCCC(=O)NCc1cn(Cc2ccccc2)nc1-c1ccccc1. The number of carboxylic acids is 1. The van der Waals surface area contributed by atoms with Gasteiger partial charge in [0.05, 0.1) is 12.2 Å². The number of rotatable bonds is 10. The van der Waals surface area contributed by atoms with E-state index in [9.17, 15) is 9.59 Å². The molecule has 0 aliphatic carbocycles. The molecule has 2 N–H and O–H groups in total. The number of carbonyl (C=O) groups is 2. The maximum absolute atomic E-state index is 12.1. The van der Waals surface area contributed by atoms with Gasteiger partial charge in [0.1, 0.15) is 0 Å². The molecule has 6 nitrogen and oxygen atoms in total. The maximum Gasteiger partial charge on any atom is 0.303 e. The molecule has 0 saturated carbocycles. The Labute approximate surface area is 170 Å². The fraction of sp³-hybridized carbons (Fsp3) is 0.261. The largest absolute Gasteiger partial charge is 0.481 e. The summed E-state index contributed by atoms with van der Waals surface area (Å²) < 4.78 is 1.89. The van der Waals surface area contributed by atoms with Crippen LogP contribution in [0.3, 0.4) is 0 Å². The molecule has 0 bridgehead atoms. The van der Waals surface area contributed by atoms with Gasteiger partial charge in [0, 0.05) is 36.7 Å². The standard InChI is InChI=1S/C23H25N3O3/c27-21(13-7-8-14-22(28)29)24-15-20-17-26(16-18-9-3-1-4-10-18)25-23(20)19-11-5-2-6-12-19/h1-6,9-12,17H,7-8,13-16H2,(H,24,27)(H,28,29). The third-order valence-electron chi connectivity index (χ3n) is 4.59. The van der Waals surface area contributed by atoms with Crippen molar-refractivity contribution >= 4 is 11.9 Å². The van der Waals surface area contributed by atoms with Gasteiger partial charge in [-0.05, 0) is 18.4 Å². The quantitative estimate of drug-likeness (QED) is 0.514. The smallest absolute Gasteiger partial charge is 0.303 e. The van der Waals surface area contributed by atoms with Crippen LogP contribution in [-0.4, -0.2) is 26.8 Å². The average Bonchev–Trinajstić information content (AvgIpc) is 3.13. The second-order valence-corrected chi connectivity index (χ2v) is 6.93. The minimum Gasteiger partial charge on any atom is -0.481 e. The van der Waals surface area contributed by atoms with Gasteiger partial charge in [-0.1, -0.05) is 60.7 Å². The first-order chi connectivity index (χ1) is 14.1. The second kappa shape index (κ2) is 10.2. The Morgan fingerprint density at radius 3 is 2.28 bits per heavy atom. The van der Waals surface area contributed by atoms with E-state index in [1.165, 1.54) is 0 Å². The highest BCUT2D eigenvalue weighted by molar-refractivity contribution is 5.76. The van der Waals surface area contributed by atoms with Crippen molar-refractivity contribution in [1.82, 2.24) is 15.1 Å². The molecule has 0 aliphatic heterocycles. The Hall–Kier alpha value is -3.41. The Morgan fingerprint density at radius 1 is 0.931 bits per heavy atom. The second-order valence-electron chi connectivity index (χ2n) is 6.93. The first kappa shape index (κ1) is 20.3. The normalized spacial score (nSPS) is 10.6. The topological polar surface area (TPSA) is 84.2 Å². The van der Waals surface area contributed by atoms with E-state index in [0.29, 0.717) is 32.4 Å². The summed E-state index contributed by atoms with van der Waals surface area (Å²) in [6, 6.07) is 20.0. The molecule has 1 heterocycles. The van der Waals surface area contributed by atoms with Crippen molar-refractivity contribution in [3.63, 3.8) is 0 Å². The number of hydrogen-bond acceptors (Lipinski definition) is 3. The predicted octanol–water partition coefficient (Wildman–Crippen LogP) is 3.86. The number of aromatic nitrogens is 2. The van der Waals surface area contributed by atoms with Crippen LogP contribution in [0.15, 0.2) is 66.9 Å². The lowest BCUT2D eigenvalue weighted by Crippen LogP contribution is -2.22. The number of nitrogens with one attached hydrogen (secondary N) is 1. The van der Waals surface area contributed by atoms with E-state index in [0.717, 1.165) is 22.4 Å². The Kier molecular flexibility index (Phi) is 7.16. The molecule has 0 unspecified atom stereocenters. The number of nitrogens with zero attached hydrogens (tertiary/aromatic N) is 2. The molecule has 1 amide bonds. The van der Waals surface area contributed by atoms with E-state index >= 15 is 0 Å². The van der Waals surface area contributed by atoms with Crippen LogP contribution in [-0.2, 0) is 22.7 Å². The Bertz CT molecular complexity index is 937. The van der Waals surface area contributed by atoms with Crippen LogP contribution in [0.5, 0.6) is 0 Å². The summed E-state index contributed by atoms with van der Waals surface area (Å²) in [6.07, 6.45) is 3.47. The molecule has 150 valence electrons. The van der Waals surface area contributed by atoms with Crippen molar-refractivity contribution in [2.24, 2.45) is 0 Å². The molecule has 0 atom stereocenters. The van der Waals surface area contributed by atoms with E-state index in [1.54, 1.807) is 0 Å². The molecule has 0 saturated heterocycles. The zero-order valence-electron chi connectivity index (χ0n) is 16.3. The number of aliphatic carboxylic acids is 1. The maximum atomic E-state index is 12.1. The number of unbranched alkanes of at least 4 members (excludes halogenated alkanes) is 1. The number of amides is 1. The summed E-state index contributed by atoms with van der Waals surface area (Å²) in [6.45, 7) is 1.04. The summed E-state index contributed by atoms with van der Waals surface area (Å²) in [5.41, 5.74) is 3.97. The molecule has 0 fully saturated rings. The van der Waals surface area contributed by atoms with Gasteiger partial charge in [-0.25, -0.2) is 0 Å². The lowest BCUT2D eigenvalue weighted by Gasteiger charge is -2.05. The lowest BCUT2D eigenvalue weighted by molar-refractivity contribution is -0.137. The molecule has 0 spiro atoms. The molecule has 1 aromatic heterocycles. The Morgan fingerprint density at radius 2 is 1.59 bits per heavy atom. The third-order valence-corrected chi connectivity index (χ3v) is 4.59. The Balaban J connectivity index is 1.67. The summed E-state index contributed by atoms with van der Waals surface area (Å²) >= 11 is 0. The number of hydrogen-bond donors (Lipinski definition) is 2. The molecule has 29 heavy (non-hydrogen) atoms. The van der Waals surface area contributed by atoms with Crippen LogP contribution in [0.2, 0.25) is 0 Å². The zero-order chi connectivity index (χ0) is 20.5. The van der Waals surface area contributed by atoms with Gasteiger partial charge in [-0.3, -0.25) is 14.3 Å². The van der Waals surface area contributed by atoms with Crippen molar-refractivity contribution in [3.8, 4) is 11.3 Å². The highest BCUT2D eigenvalue weighted by Crippen LogP contribution is 2.22.